The highest BCUT2D eigenvalue weighted by Crippen LogP contribution is 2.23. The molecule has 0 amide bonds. The van der Waals surface area contributed by atoms with Crippen LogP contribution in [0.4, 0.5) is 5.69 Å². The molecule has 0 spiro atoms. The van der Waals surface area contributed by atoms with Crippen LogP contribution < -0.4 is 10.7 Å². The lowest BCUT2D eigenvalue weighted by molar-refractivity contribution is 0.772. The lowest BCUT2D eigenvalue weighted by Gasteiger charge is -2.14. The Morgan fingerprint density at radius 1 is 1.57 bits per heavy atom. The van der Waals surface area contributed by atoms with Gasteiger partial charge in [-0.2, -0.15) is 5.10 Å². The Morgan fingerprint density at radius 3 is 2.93 bits per heavy atom. The van der Waals surface area contributed by atoms with Gasteiger partial charge in [0.1, 0.15) is 5.84 Å². The first-order valence-electron chi connectivity index (χ1n) is 4.54. The number of nitrogens with two attached hydrogens (primary N) is 1. The van der Waals surface area contributed by atoms with Crippen molar-refractivity contribution >= 4 is 27.5 Å². The van der Waals surface area contributed by atoms with E-state index in [0.29, 0.717) is 11.8 Å². The highest BCUT2D eigenvalue weighted by molar-refractivity contribution is 9.10. The van der Waals surface area contributed by atoms with E-state index in [1.165, 1.54) is 0 Å². The number of rotatable bonds is 1. The molecule has 1 aliphatic heterocycles. The average Bonchev–Trinajstić information content (AvgIpc) is 2.47. The maximum atomic E-state index is 5.74. The summed E-state index contributed by atoms with van der Waals surface area (Å²) in [6.07, 6.45) is 0. The zero-order valence-electron chi connectivity index (χ0n) is 7.94. The second kappa shape index (κ2) is 3.61. The van der Waals surface area contributed by atoms with E-state index in [1.807, 2.05) is 29.3 Å². The average molecular weight is 254 g/mol. The zero-order chi connectivity index (χ0) is 10.1. The van der Waals surface area contributed by atoms with Crippen molar-refractivity contribution in [1.82, 2.24) is 0 Å². The van der Waals surface area contributed by atoms with Gasteiger partial charge in [0.15, 0.2) is 0 Å². The first-order valence-corrected chi connectivity index (χ1v) is 5.33. The van der Waals surface area contributed by atoms with Gasteiger partial charge in [0.25, 0.3) is 0 Å². The molecule has 74 valence electrons. The Balaban J connectivity index is 2.26. The van der Waals surface area contributed by atoms with E-state index in [-0.39, 0.29) is 0 Å². The van der Waals surface area contributed by atoms with Crippen molar-refractivity contribution in [1.29, 1.82) is 0 Å². The summed E-state index contributed by atoms with van der Waals surface area (Å²) in [6.45, 7) is 2.94. The molecule has 0 aliphatic carbocycles. The molecule has 1 unspecified atom stereocenters. The molecule has 0 saturated heterocycles. The number of hydrogen-bond donors (Lipinski definition) is 1. The summed E-state index contributed by atoms with van der Waals surface area (Å²) in [5.74, 6) is 1.05. The van der Waals surface area contributed by atoms with Crippen molar-refractivity contribution in [3.63, 3.8) is 0 Å². The van der Waals surface area contributed by atoms with Gasteiger partial charge in [0, 0.05) is 10.4 Å². The lowest BCUT2D eigenvalue weighted by Crippen LogP contribution is -2.20. The maximum absolute atomic E-state index is 5.74. The van der Waals surface area contributed by atoms with Crippen LogP contribution in [0.3, 0.4) is 0 Å². The molecule has 1 aromatic rings. The van der Waals surface area contributed by atoms with Crippen molar-refractivity contribution in [2.45, 2.75) is 6.92 Å². The molecule has 1 heterocycles. The van der Waals surface area contributed by atoms with Crippen LogP contribution in [0, 0.1) is 5.92 Å². The van der Waals surface area contributed by atoms with Crippen molar-refractivity contribution in [2.24, 2.45) is 16.8 Å². The predicted octanol–water partition coefficient (Wildman–Crippen LogP) is 2.18. The smallest absolute Gasteiger partial charge is 0.124 e. The van der Waals surface area contributed by atoms with Gasteiger partial charge in [0.05, 0.1) is 12.2 Å². The van der Waals surface area contributed by atoms with E-state index in [4.69, 9.17) is 5.73 Å². The molecule has 1 aromatic carbocycles. The number of nitrogens with zero attached hydrogens (tertiary/aromatic N) is 2. The highest BCUT2D eigenvalue weighted by atomic mass is 79.9. The standard InChI is InChI=1S/C10H12BrN3/c1-7-6-14(13-10(7)12)9-4-2-3-8(11)5-9/h2-5,7H,6H2,1H3,(H2,12,13). The van der Waals surface area contributed by atoms with Crippen molar-refractivity contribution in [2.75, 3.05) is 11.6 Å². The Morgan fingerprint density at radius 2 is 2.36 bits per heavy atom. The molecule has 1 aliphatic rings. The van der Waals surface area contributed by atoms with E-state index < -0.39 is 0 Å². The van der Waals surface area contributed by atoms with Gasteiger partial charge in [-0.1, -0.05) is 28.9 Å². The molecule has 0 aromatic heterocycles. The van der Waals surface area contributed by atoms with Gasteiger partial charge >= 0.3 is 0 Å². The molecule has 1 atom stereocenters. The van der Waals surface area contributed by atoms with Gasteiger partial charge in [-0.15, -0.1) is 0 Å². The normalized spacial score (nSPS) is 21.1. The molecule has 0 saturated carbocycles. The van der Waals surface area contributed by atoms with E-state index in [0.717, 1.165) is 16.7 Å². The first kappa shape index (κ1) is 9.52. The fourth-order valence-electron chi connectivity index (χ4n) is 1.43. The van der Waals surface area contributed by atoms with Crippen LogP contribution in [0.2, 0.25) is 0 Å². The van der Waals surface area contributed by atoms with Crippen LogP contribution in [0.25, 0.3) is 0 Å². The van der Waals surface area contributed by atoms with Crippen molar-refractivity contribution in [3.8, 4) is 0 Å². The Bertz CT molecular complexity index is 375. The molecule has 3 nitrogen and oxygen atoms in total. The van der Waals surface area contributed by atoms with Crippen LogP contribution >= 0.6 is 15.9 Å². The third-order valence-corrected chi connectivity index (χ3v) is 2.79. The van der Waals surface area contributed by atoms with E-state index in [2.05, 4.69) is 28.0 Å². The quantitative estimate of drug-likeness (QED) is 0.834. The fourth-order valence-corrected chi connectivity index (χ4v) is 1.82. The second-order valence-electron chi connectivity index (χ2n) is 3.49. The van der Waals surface area contributed by atoms with E-state index >= 15 is 0 Å². The van der Waals surface area contributed by atoms with Crippen molar-refractivity contribution < 1.29 is 0 Å². The SMILES string of the molecule is CC1CN(c2cccc(Br)c2)N=C1N. The Hall–Kier alpha value is -1.03. The molecule has 0 fully saturated rings. The molecule has 0 radical (unpaired) electrons. The van der Waals surface area contributed by atoms with Crippen molar-refractivity contribution in [3.05, 3.63) is 28.7 Å². The summed E-state index contributed by atoms with van der Waals surface area (Å²) in [4.78, 5) is 0. The molecular weight excluding hydrogens is 242 g/mol. The minimum absolute atomic E-state index is 0.342. The van der Waals surface area contributed by atoms with Gasteiger partial charge in [-0.25, -0.2) is 0 Å². The van der Waals surface area contributed by atoms with Gasteiger partial charge in [-0.05, 0) is 18.2 Å². The third kappa shape index (κ3) is 1.75. The van der Waals surface area contributed by atoms with E-state index in [1.54, 1.807) is 0 Å². The van der Waals surface area contributed by atoms with Gasteiger partial charge in [0.2, 0.25) is 0 Å². The number of hydrogen-bond acceptors (Lipinski definition) is 3. The highest BCUT2D eigenvalue weighted by Gasteiger charge is 2.20. The molecule has 4 heteroatoms. The van der Waals surface area contributed by atoms with Gasteiger partial charge in [-0.3, -0.25) is 5.01 Å². The Labute approximate surface area is 91.7 Å². The topological polar surface area (TPSA) is 41.6 Å². The van der Waals surface area contributed by atoms with Gasteiger partial charge < -0.3 is 5.73 Å². The maximum Gasteiger partial charge on any atom is 0.124 e. The summed E-state index contributed by atoms with van der Waals surface area (Å²) in [5, 5.41) is 6.22. The van der Waals surface area contributed by atoms with Crippen LogP contribution in [0.15, 0.2) is 33.8 Å². The number of halogens is 1. The number of hydrazone groups is 1. The lowest BCUT2D eigenvalue weighted by atomic mass is 10.2. The molecular formula is C10H12BrN3. The number of benzene rings is 1. The van der Waals surface area contributed by atoms with E-state index in [9.17, 15) is 0 Å². The van der Waals surface area contributed by atoms with Crippen LogP contribution in [0.1, 0.15) is 6.92 Å². The van der Waals surface area contributed by atoms with Crippen LogP contribution in [-0.2, 0) is 0 Å². The summed E-state index contributed by atoms with van der Waals surface area (Å²) < 4.78 is 1.06. The summed E-state index contributed by atoms with van der Waals surface area (Å²) in [5.41, 5.74) is 6.82. The first-order chi connectivity index (χ1) is 6.66. The second-order valence-corrected chi connectivity index (χ2v) is 4.40. The molecule has 2 N–H and O–H groups in total. The number of amidine groups is 1. The minimum atomic E-state index is 0.342. The predicted molar refractivity (Wildman–Crippen MR) is 62.3 cm³/mol. The monoisotopic (exact) mass is 253 g/mol. The summed E-state index contributed by atoms with van der Waals surface area (Å²) in [6, 6.07) is 8.05. The fraction of sp³-hybridized carbons (Fsp3) is 0.300. The van der Waals surface area contributed by atoms with Crippen LogP contribution in [0.5, 0.6) is 0 Å². The zero-order valence-corrected chi connectivity index (χ0v) is 9.53. The third-order valence-electron chi connectivity index (χ3n) is 2.29. The van der Waals surface area contributed by atoms with Crippen LogP contribution in [-0.4, -0.2) is 12.4 Å². The largest absolute Gasteiger partial charge is 0.385 e. The summed E-state index contributed by atoms with van der Waals surface area (Å²) >= 11 is 3.43. The molecule has 14 heavy (non-hydrogen) atoms. The minimum Gasteiger partial charge on any atom is -0.385 e. The molecule has 0 bridgehead atoms. The summed E-state index contributed by atoms with van der Waals surface area (Å²) in [7, 11) is 0. The molecule has 2 rings (SSSR count). The Kier molecular flexibility index (Phi) is 2.46. The number of anilines is 1.